The molecular weight excluding hydrogens is 234 g/mol. The number of rotatable bonds is 4. The Morgan fingerprint density at radius 2 is 2.31 bits per heavy atom. The first-order valence-corrected chi connectivity index (χ1v) is 5.00. The minimum Gasteiger partial charge on any atom is -0.457 e. The van der Waals surface area contributed by atoms with Crippen LogP contribution in [0.1, 0.15) is 25.5 Å². The molecule has 3 nitrogen and oxygen atoms in total. The molecule has 74 valence electrons. The summed E-state index contributed by atoms with van der Waals surface area (Å²) >= 11 is 3.27. The Morgan fingerprint density at radius 3 is 2.77 bits per heavy atom. The lowest BCUT2D eigenvalue weighted by Crippen LogP contribution is -2.19. The topological polar surface area (TPSA) is 48.4 Å². The van der Waals surface area contributed by atoms with E-state index in [1.54, 1.807) is 6.26 Å². The third-order valence-electron chi connectivity index (χ3n) is 1.65. The molecule has 1 rings (SSSR count). The summed E-state index contributed by atoms with van der Waals surface area (Å²) in [5, 5.41) is 0. The predicted molar refractivity (Wildman–Crippen MR) is 54.4 cm³/mol. The van der Waals surface area contributed by atoms with Crippen LogP contribution in [0.4, 0.5) is 0 Å². The highest BCUT2D eigenvalue weighted by molar-refractivity contribution is 9.10. The van der Waals surface area contributed by atoms with Gasteiger partial charge in [0.15, 0.2) is 4.67 Å². The molecular formula is C9H14BrNO2. The van der Waals surface area contributed by atoms with E-state index in [4.69, 9.17) is 14.9 Å². The summed E-state index contributed by atoms with van der Waals surface area (Å²) in [7, 11) is 0. The van der Waals surface area contributed by atoms with Crippen LogP contribution >= 0.6 is 15.9 Å². The number of nitrogens with two attached hydrogens (primary N) is 1. The van der Waals surface area contributed by atoms with E-state index in [0.29, 0.717) is 11.3 Å². The molecule has 1 heterocycles. The fraction of sp³-hybridized carbons (Fsp3) is 0.556. The minimum absolute atomic E-state index is 0.129. The zero-order valence-corrected chi connectivity index (χ0v) is 9.37. The maximum atomic E-state index is 5.87. The summed E-state index contributed by atoms with van der Waals surface area (Å²) in [5.41, 5.74) is 6.82. The smallest absolute Gasteiger partial charge is 0.173 e. The van der Waals surface area contributed by atoms with Gasteiger partial charge in [0.2, 0.25) is 0 Å². The Morgan fingerprint density at radius 1 is 1.62 bits per heavy atom. The summed E-state index contributed by atoms with van der Waals surface area (Å²) in [6, 6.07) is 1.72. The molecule has 0 bridgehead atoms. The number of halogens is 1. The molecule has 0 aliphatic carbocycles. The average molecular weight is 248 g/mol. The quantitative estimate of drug-likeness (QED) is 0.890. The van der Waals surface area contributed by atoms with E-state index in [9.17, 15) is 0 Å². The van der Waals surface area contributed by atoms with Crippen molar-refractivity contribution in [2.24, 2.45) is 5.73 Å². The Kier molecular flexibility index (Phi) is 3.96. The third kappa shape index (κ3) is 3.14. The number of hydrogen-bond acceptors (Lipinski definition) is 3. The van der Waals surface area contributed by atoms with E-state index in [2.05, 4.69) is 15.9 Å². The van der Waals surface area contributed by atoms with Crippen LogP contribution in [0.3, 0.4) is 0 Å². The predicted octanol–water partition coefficient (Wildman–Crippen LogP) is 2.47. The van der Waals surface area contributed by atoms with Crippen LogP contribution in [0.15, 0.2) is 21.4 Å². The second-order valence-electron chi connectivity index (χ2n) is 3.14. The molecule has 4 heteroatoms. The molecule has 0 amide bonds. The first-order valence-electron chi connectivity index (χ1n) is 4.21. The van der Waals surface area contributed by atoms with Crippen LogP contribution in [0.25, 0.3) is 0 Å². The van der Waals surface area contributed by atoms with Crippen LogP contribution in [0, 0.1) is 0 Å². The second kappa shape index (κ2) is 4.79. The van der Waals surface area contributed by atoms with Gasteiger partial charge in [-0.15, -0.1) is 0 Å². The SMILES string of the molecule is CC(C)OCC(N)c1ccoc1Br. The summed E-state index contributed by atoms with van der Waals surface area (Å²) in [4.78, 5) is 0. The molecule has 0 fully saturated rings. The number of hydrogen-bond donors (Lipinski definition) is 1. The molecule has 0 aromatic carbocycles. The van der Waals surface area contributed by atoms with Crippen LogP contribution < -0.4 is 5.73 Å². The zero-order valence-electron chi connectivity index (χ0n) is 7.79. The molecule has 2 N–H and O–H groups in total. The standard InChI is InChI=1S/C9H14BrNO2/c1-6(2)13-5-8(11)7-3-4-12-9(7)10/h3-4,6,8H,5,11H2,1-2H3. The summed E-state index contributed by atoms with van der Waals surface area (Å²) in [6.45, 7) is 4.48. The highest BCUT2D eigenvalue weighted by Gasteiger charge is 2.12. The third-order valence-corrected chi connectivity index (χ3v) is 2.30. The summed E-state index contributed by atoms with van der Waals surface area (Å²) in [6.07, 6.45) is 1.81. The fourth-order valence-electron chi connectivity index (χ4n) is 0.956. The molecule has 0 spiro atoms. The van der Waals surface area contributed by atoms with Crippen LogP contribution in [0.5, 0.6) is 0 Å². The monoisotopic (exact) mass is 247 g/mol. The van der Waals surface area contributed by atoms with Gasteiger partial charge in [-0.25, -0.2) is 0 Å². The van der Waals surface area contributed by atoms with Crippen molar-refractivity contribution in [3.05, 3.63) is 22.6 Å². The Balaban J connectivity index is 2.49. The molecule has 1 aromatic rings. The molecule has 0 radical (unpaired) electrons. The molecule has 0 saturated heterocycles. The first kappa shape index (κ1) is 10.8. The van der Waals surface area contributed by atoms with Gasteiger partial charge in [0.25, 0.3) is 0 Å². The van der Waals surface area contributed by atoms with Gasteiger partial charge in [0.1, 0.15) is 0 Å². The van der Waals surface area contributed by atoms with Crippen LogP contribution in [-0.2, 0) is 4.74 Å². The van der Waals surface area contributed by atoms with Crippen molar-refractivity contribution in [3.8, 4) is 0 Å². The van der Waals surface area contributed by atoms with Gasteiger partial charge in [-0.2, -0.15) is 0 Å². The minimum atomic E-state index is -0.129. The van der Waals surface area contributed by atoms with Gasteiger partial charge in [-0.05, 0) is 35.8 Å². The van der Waals surface area contributed by atoms with Gasteiger partial charge >= 0.3 is 0 Å². The Hall–Kier alpha value is -0.320. The maximum absolute atomic E-state index is 5.87. The largest absolute Gasteiger partial charge is 0.457 e. The molecule has 13 heavy (non-hydrogen) atoms. The lowest BCUT2D eigenvalue weighted by Gasteiger charge is -2.13. The lowest BCUT2D eigenvalue weighted by molar-refractivity contribution is 0.0680. The van der Waals surface area contributed by atoms with Gasteiger partial charge in [-0.3, -0.25) is 0 Å². The maximum Gasteiger partial charge on any atom is 0.173 e. The van der Waals surface area contributed by atoms with Crippen molar-refractivity contribution in [2.75, 3.05) is 6.61 Å². The number of furan rings is 1. The van der Waals surface area contributed by atoms with Crippen molar-refractivity contribution in [3.63, 3.8) is 0 Å². The molecule has 0 saturated carbocycles. The van der Waals surface area contributed by atoms with E-state index in [-0.39, 0.29) is 12.1 Å². The number of ether oxygens (including phenoxy) is 1. The molecule has 0 aliphatic rings. The highest BCUT2D eigenvalue weighted by Crippen LogP contribution is 2.23. The molecule has 1 atom stereocenters. The Bertz CT molecular complexity index is 260. The van der Waals surface area contributed by atoms with Crippen molar-refractivity contribution in [1.29, 1.82) is 0 Å². The van der Waals surface area contributed by atoms with E-state index in [1.807, 2.05) is 19.9 Å². The highest BCUT2D eigenvalue weighted by atomic mass is 79.9. The van der Waals surface area contributed by atoms with Crippen molar-refractivity contribution in [2.45, 2.75) is 26.0 Å². The Labute approximate surface area is 86.4 Å². The van der Waals surface area contributed by atoms with E-state index in [0.717, 1.165) is 5.56 Å². The van der Waals surface area contributed by atoms with Crippen molar-refractivity contribution >= 4 is 15.9 Å². The van der Waals surface area contributed by atoms with Gasteiger partial charge in [-0.1, -0.05) is 0 Å². The normalized spacial score (nSPS) is 13.6. The van der Waals surface area contributed by atoms with Crippen molar-refractivity contribution < 1.29 is 9.15 Å². The molecule has 1 unspecified atom stereocenters. The second-order valence-corrected chi connectivity index (χ2v) is 3.86. The summed E-state index contributed by atoms with van der Waals surface area (Å²) < 4.78 is 11.2. The van der Waals surface area contributed by atoms with Gasteiger partial charge in [0.05, 0.1) is 25.0 Å². The average Bonchev–Trinajstić information content (AvgIpc) is 2.47. The fourth-order valence-corrected chi connectivity index (χ4v) is 1.49. The van der Waals surface area contributed by atoms with Crippen molar-refractivity contribution in [1.82, 2.24) is 0 Å². The van der Waals surface area contributed by atoms with Gasteiger partial charge < -0.3 is 14.9 Å². The van der Waals surface area contributed by atoms with Gasteiger partial charge in [0, 0.05) is 5.56 Å². The van der Waals surface area contributed by atoms with Crippen LogP contribution in [-0.4, -0.2) is 12.7 Å². The van der Waals surface area contributed by atoms with Crippen LogP contribution in [0.2, 0.25) is 0 Å². The first-order chi connectivity index (χ1) is 6.11. The zero-order chi connectivity index (χ0) is 9.84. The van der Waals surface area contributed by atoms with E-state index >= 15 is 0 Å². The summed E-state index contributed by atoms with van der Waals surface area (Å²) in [5.74, 6) is 0. The molecule has 1 aromatic heterocycles. The molecule has 0 aliphatic heterocycles. The van der Waals surface area contributed by atoms with E-state index < -0.39 is 0 Å². The lowest BCUT2D eigenvalue weighted by atomic mass is 10.2. The van der Waals surface area contributed by atoms with E-state index in [1.165, 1.54) is 0 Å².